The highest BCUT2D eigenvalue weighted by Crippen LogP contribution is 2.18. The maximum atomic E-state index is 12.4. The zero-order chi connectivity index (χ0) is 17.7. The van der Waals surface area contributed by atoms with Crippen molar-refractivity contribution < 1.29 is 14.4 Å². The Morgan fingerprint density at radius 2 is 2.08 bits per heavy atom. The van der Waals surface area contributed by atoms with Gasteiger partial charge in [0.1, 0.15) is 0 Å². The van der Waals surface area contributed by atoms with Crippen LogP contribution in [0.25, 0.3) is 0 Å². The molecular weight excluding hydrogens is 308 g/mol. The predicted molar refractivity (Wildman–Crippen MR) is 92.0 cm³/mol. The molecule has 3 N–H and O–H groups in total. The van der Waals surface area contributed by atoms with Crippen molar-refractivity contribution in [3.63, 3.8) is 0 Å². The van der Waals surface area contributed by atoms with Crippen molar-refractivity contribution in [2.75, 3.05) is 31.5 Å². The average Bonchev–Trinajstić information content (AvgIpc) is 2.94. The van der Waals surface area contributed by atoms with Crippen molar-refractivity contribution in [2.45, 2.75) is 20.8 Å². The maximum absolute atomic E-state index is 12.4. The third-order valence-electron chi connectivity index (χ3n) is 3.81. The van der Waals surface area contributed by atoms with Gasteiger partial charge in [-0.25, -0.2) is 4.79 Å². The molecule has 7 heteroatoms. The van der Waals surface area contributed by atoms with Crippen molar-refractivity contribution in [1.29, 1.82) is 0 Å². The lowest BCUT2D eigenvalue weighted by molar-refractivity contribution is -0.118. The van der Waals surface area contributed by atoms with Crippen molar-refractivity contribution in [3.05, 3.63) is 29.3 Å². The van der Waals surface area contributed by atoms with Crippen LogP contribution < -0.4 is 16.0 Å². The van der Waals surface area contributed by atoms with Crippen LogP contribution in [0.1, 0.15) is 29.8 Å². The fourth-order valence-electron chi connectivity index (χ4n) is 2.36. The Hall–Kier alpha value is -2.57. The number of hydrogen-bond donors (Lipinski definition) is 3. The Balaban J connectivity index is 2.00. The molecule has 0 bridgehead atoms. The van der Waals surface area contributed by atoms with Gasteiger partial charge in [-0.2, -0.15) is 0 Å². The normalized spacial score (nSPS) is 13.8. The first-order chi connectivity index (χ1) is 11.4. The highest BCUT2D eigenvalue weighted by Gasteiger charge is 2.19. The van der Waals surface area contributed by atoms with Gasteiger partial charge in [0.15, 0.2) is 0 Å². The Morgan fingerprint density at radius 3 is 2.71 bits per heavy atom. The van der Waals surface area contributed by atoms with E-state index < -0.39 is 0 Å². The van der Waals surface area contributed by atoms with Gasteiger partial charge in [0.2, 0.25) is 5.91 Å². The van der Waals surface area contributed by atoms with Crippen LogP contribution in [0.5, 0.6) is 0 Å². The summed E-state index contributed by atoms with van der Waals surface area (Å²) < 4.78 is 0. The van der Waals surface area contributed by atoms with Gasteiger partial charge in [-0.15, -0.1) is 0 Å². The number of rotatable bonds is 6. The van der Waals surface area contributed by atoms with Crippen molar-refractivity contribution in [3.8, 4) is 0 Å². The second kappa shape index (κ2) is 7.81. The molecule has 2 rings (SSSR count). The Morgan fingerprint density at radius 1 is 1.33 bits per heavy atom. The summed E-state index contributed by atoms with van der Waals surface area (Å²) in [5.74, 6) is -0.574. The second-order valence-electron chi connectivity index (χ2n) is 6.17. The van der Waals surface area contributed by atoms with E-state index in [1.54, 1.807) is 30.9 Å². The summed E-state index contributed by atoms with van der Waals surface area (Å²) >= 11 is 0. The fraction of sp³-hybridized carbons (Fsp3) is 0.471. The van der Waals surface area contributed by atoms with Crippen LogP contribution in [0.4, 0.5) is 10.5 Å². The van der Waals surface area contributed by atoms with Gasteiger partial charge < -0.3 is 20.9 Å². The van der Waals surface area contributed by atoms with Gasteiger partial charge in [-0.1, -0.05) is 25.5 Å². The summed E-state index contributed by atoms with van der Waals surface area (Å²) in [6.07, 6.45) is 0. The van der Waals surface area contributed by atoms with Crippen LogP contribution in [0, 0.1) is 12.8 Å². The molecule has 130 valence electrons. The van der Waals surface area contributed by atoms with Crippen molar-refractivity contribution in [2.24, 2.45) is 5.92 Å². The second-order valence-corrected chi connectivity index (χ2v) is 6.17. The van der Waals surface area contributed by atoms with Crippen LogP contribution >= 0.6 is 0 Å². The lowest BCUT2D eigenvalue weighted by atomic mass is 10.1. The summed E-state index contributed by atoms with van der Waals surface area (Å²) in [5, 5.41) is 8.30. The quantitative estimate of drug-likeness (QED) is 0.734. The number of nitrogens with zero attached hydrogens (tertiary/aromatic N) is 1. The molecule has 7 nitrogen and oxygen atoms in total. The summed E-state index contributed by atoms with van der Waals surface area (Å²) in [5.41, 5.74) is 1.85. The number of hydrogen-bond acceptors (Lipinski definition) is 3. The average molecular weight is 332 g/mol. The van der Waals surface area contributed by atoms with Crippen molar-refractivity contribution in [1.82, 2.24) is 15.5 Å². The first-order valence-corrected chi connectivity index (χ1v) is 8.11. The summed E-state index contributed by atoms with van der Waals surface area (Å²) in [6.45, 7) is 7.58. The van der Waals surface area contributed by atoms with Crippen LogP contribution in [0.15, 0.2) is 18.2 Å². The number of aryl methyl sites for hydroxylation is 1. The molecule has 0 saturated carbocycles. The maximum Gasteiger partial charge on any atom is 0.317 e. The van der Waals surface area contributed by atoms with E-state index in [0.717, 1.165) is 5.56 Å². The summed E-state index contributed by atoms with van der Waals surface area (Å²) in [4.78, 5) is 37.5. The molecule has 1 aromatic rings. The molecule has 1 aliphatic rings. The standard InChI is InChI=1S/C17H24N4O3/c1-11(2)15(22)20-14-5-4-12(3)10-13(14)16(23)18-6-8-21-9-7-19-17(21)24/h4-5,10-11H,6-9H2,1-3H3,(H,18,23)(H,19,24)(H,20,22). The van der Waals surface area contributed by atoms with Gasteiger partial charge in [0.05, 0.1) is 11.3 Å². The van der Waals surface area contributed by atoms with Crippen LogP contribution in [-0.2, 0) is 4.79 Å². The first kappa shape index (κ1) is 17.8. The minimum absolute atomic E-state index is 0.107. The molecule has 24 heavy (non-hydrogen) atoms. The van der Waals surface area contributed by atoms with E-state index in [1.165, 1.54) is 0 Å². The van der Waals surface area contributed by atoms with Gasteiger partial charge in [-0.05, 0) is 19.1 Å². The number of amides is 4. The zero-order valence-corrected chi connectivity index (χ0v) is 14.3. The van der Waals surface area contributed by atoms with Gasteiger partial charge in [-0.3, -0.25) is 9.59 Å². The molecule has 0 aliphatic carbocycles. The van der Waals surface area contributed by atoms with Gasteiger partial charge in [0, 0.05) is 32.1 Å². The highest BCUT2D eigenvalue weighted by molar-refractivity contribution is 6.04. The molecular formula is C17H24N4O3. The van der Waals surface area contributed by atoms with Crippen LogP contribution in [0.2, 0.25) is 0 Å². The molecule has 0 spiro atoms. The molecule has 1 saturated heterocycles. The Bertz CT molecular complexity index is 643. The molecule has 0 atom stereocenters. The minimum Gasteiger partial charge on any atom is -0.350 e. The molecule has 1 aliphatic heterocycles. The zero-order valence-electron chi connectivity index (χ0n) is 14.3. The molecule has 1 heterocycles. The molecule has 1 fully saturated rings. The SMILES string of the molecule is Cc1ccc(NC(=O)C(C)C)c(C(=O)NCCN2CCNC2=O)c1. The Kier molecular flexibility index (Phi) is 5.78. The lowest BCUT2D eigenvalue weighted by Gasteiger charge is -2.16. The van der Waals surface area contributed by atoms with E-state index in [1.807, 2.05) is 13.0 Å². The molecule has 0 unspecified atom stereocenters. The number of carbonyl (C=O) groups excluding carboxylic acids is 3. The van der Waals surface area contributed by atoms with E-state index in [4.69, 9.17) is 0 Å². The minimum atomic E-state index is -0.266. The monoisotopic (exact) mass is 332 g/mol. The third kappa shape index (κ3) is 4.47. The molecule has 0 radical (unpaired) electrons. The van der Waals surface area contributed by atoms with E-state index in [9.17, 15) is 14.4 Å². The van der Waals surface area contributed by atoms with E-state index in [0.29, 0.717) is 37.4 Å². The lowest BCUT2D eigenvalue weighted by Crippen LogP contribution is -2.37. The van der Waals surface area contributed by atoms with Gasteiger partial charge in [0.25, 0.3) is 5.91 Å². The number of urea groups is 1. The molecule has 1 aromatic carbocycles. The topological polar surface area (TPSA) is 90.5 Å². The van der Waals surface area contributed by atoms with Crippen molar-refractivity contribution >= 4 is 23.5 Å². The predicted octanol–water partition coefficient (Wildman–Crippen LogP) is 1.34. The number of benzene rings is 1. The number of carbonyl (C=O) groups is 3. The van der Waals surface area contributed by atoms with Gasteiger partial charge >= 0.3 is 6.03 Å². The number of nitrogens with one attached hydrogen (secondary N) is 3. The third-order valence-corrected chi connectivity index (χ3v) is 3.81. The first-order valence-electron chi connectivity index (χ1n) is 8.11. The summed E-state index contributed by atoms with van der Waals surface area (Å²) in [7, 11) is 0. The van der Waals surface area contributed by atoms with Crippen LogP contribution in [-0.4, -0.2) is 48.9 Å². The summed E-state index contributed by atoms with van der Waals surface area (Å²) in [6, 6.07) is 5.22. The van der Waals surface area contributed by atoms with E-state index in [2.05, 4.69) is 16.0 Å². The molecule has 0 aromatic heterocycles. The number of anilines is 1. The molecule has 4 amide bonds. The highest BCUT2D eigenvalue weighted by atomic mass is 16.2. The fourth-order valence-corrected chi connectivity index (χ4v) is 2.36. The van der Waals surface area contributed by atoms with E-state index >= 15 is 0 Å². The largest absolute Gasteiger partial charge is 0.350 e. The van der Waals surface area contributed by atoms with Crippen LogP contribution in [0.3, 0.4) is 0 Å². The Labute approximate surface area is 141 Å². The smallest absolute Gasteiger partial charge is 0.317 e. The van der Waals surface area contributed by atoms with E-state index in [-0.39, 0.29) is 23.8 Å².